The van der Waals surface area contributed by atoms with Gasteiger partial charge >= 0.3 is 0 Å². The number of nitrogens with two attached hydrogens (primary N) is 1. The van der Waals surface area contributed by atoms with E-state index in [1.165, 1.54) is 0 Å². The zero-order valence-corrected chi connectivity index (χ0v) is 9.88. The minimum Gasteiger partial charge on any atom is -0.270 e. The fraction of sp³-hybridized carbons (Fsp3) is 0.250. The molecule has 2 aromatic rings. The number of aromatic nitrogens is 3. The molecule has 0 saturated carbocycles. The van der Waals surface area contributed by atoms with Crippen LogP contribution in [-0.4, -0.2) is 15.0 Å². The first kappa shape index (κ1) is 11.6. The molecule has 1 atom stereocenters. The van der Waals surface area contributed by atoms with E-state index in [-0.39, 0.29) is 6.04 Å². The monoisotopic (exact) mass is 229 g/mol. The average Bonchev–Trinajstić information content (AvgIpc) is 2.33. The van der Waals surface area contributed by atoms with Crippen molar-refractivity contribution in [1.82, 2.24) is 20.4 Å². The summed E-state index contributed by atoms with van der Waals surface area (Å²) in [5.41, 5.74) is 5.77. The lowest BCUT2D eigenvalue weighted by Crippen LogP contribution is -2.30. The van der Waals surface area contributed by atoms with E-state index in [4.69, 9.17) is 5.84 Å². The van der Waals surface area contributed by atoms with E-state index in [0.29, 0.717) is 5.82 Å². The highest BCUT2D eigenvalue weighted by Gasteiger charge is 2.15. The number of aryl methyl sites for hydroxylation is 2. The summed E-state index contributed by atoms with van der Waals surface area (Å²) in [7, 11) is 0. The molecule has 0 saturated heterocycles. The summed E-state index contributed by atoms with van der Waals surface area (Å²) in [5.74, 6) is 6.21. The van der Waals surface area contributed by atoms with Crippen LogP contribution in [-0.2, 0) is 0 Å². The first-order chi connectivity index (χ1) is 8.20. The summed E-state index contributed by atoms with van der Waals surface area (Å²) in [5, 5.41) is 0. The quantitative estimate of drug-likeness (QED) is 0.607. The van der Waals surface area contributed by atoms with Gasteiger partial charge in [-0.1, -0.05) is 6.07 Å². The minimum absolute atomic E-state index is 0.233. The van der Waals surface area contributed by atoms with E-state index >= 15 is 0 Å². The predicted octanol–water partition coefficient (Wildman–Crippen LogP) is 1.04. The maximum Gasteiger partial charge on any atom is 0.150 e. The second kappa shape index (κ2) is 4.99. The number of hydrogen-bond donors (Lipinski definition) is 2. The fourth-order valence-corrected chi connectivity index (χ4v) is 1.61. The highest BCUT2D eigenvalue weighted by atomic mass is 15.2. The second-order valence-corrected chi connectivity index (χ2v) is 4.01. The van der Waals surface area contributed by atoms with Crippen molar-refractivity contribution in [3.63, 3.8) is 0 Å². The third-order valence-electron chi connectivity index (χ3n) is 2.46. The van der Waals surface area contributed by atoms with Gasteiger partial charge in [0.05, 0.1) is 0 Å². The summed E-state index contributed by atoms with van der Waals surface area (Å²) in [6.07, 6.45) is 7.11. The summed E-state index contributed by atoms with van der Waals surface area (Å²) < 4.78 is 0. The zero-order chi connectivity index (χ0) is 12.3. The maximum atomic E-state index is 5.57. The normalized spacial score (nSPS) is 12.4. The molecule has 3 N–H and O–H groups in total. The largest absolute Gasteiger partial charge is 0.270 e. The smallest absolute Gasteiger partial charge is 0.150 e. The van der Waals surface area contributed by atoms with Crippen molar-refractivity contribution in [2.45, 2.75) is 19.9 Å². The third-order valence-corrected chi connectivity index (χ3v) is 2.46. The molecule has 0 spiro atoms. The van der Waals surface area contributed by atoms with Crippen molar-refractivity contribution in [2.24, 2.45) is 5.84 Å². The van der Waals surface area contributed by atoms with Crippen molar-refractivity contribution < 1.29 is 0 Å². The number of rotatable bonds is 3. The summed E-state index contributed by atoms with van der Waals surface area (Å²) in [6.45, 7) is 3.93. The lowest BCUT2D eigenvalue weighted by Gasteiger charge is -2.14. The van der Waals surface area contributed by atoms with Crippen LogP contribution in [0.5, 0.6) is 0 Å². The van der Waals surface area contributed by atoms with Crippen LogP contribution in [0.1, 0.15) is 28.6 Å². The Balaban J connectivity index is 2.36. The molecule has 1 unspecified atom stereocenters. The van der Waals surface area contributed by atoms with Crippen molar-refractivity contribution in [3.05, 3.63) is 53.4 Å². The van der Waals surface area contributed by atoms with Crippen molar-refractivity contribution in [1.29, 1.82) is 0 Å². The van der Waals surface area contributed by atoms with Crippen LogP contribution in [0.15, 0.2) is 30.9 Å². The van der Waals surface area contributed by atoms with Gasteiger partial charge in [0.25, 0.3) is 0 Å². The van der Waals surface area contributed by atoms with E-state index in [0.717, 1.165) is 16.7 Å². The van der Waals surface area contributed by atoms with Crippen LogP contribution in [0, 0.1) is 13.8 Å². The van der Waals surface area contributed by atoms with Crippen LogP contribution in [0.25, 0.3) is 0 Å². The van der Waals surface area contributed by atoms with Gasteiger partial charge in [-0.25, -0.2) is 15.4 Å². The van der Waals surface area contributed by atoms with Crippen LogP contribution in [0.2, 0.25) is 0 Å². The predicted molar refractivity (Wildman–Crippen MR) is 64.9 cm³/mol. The Morgan fingerprint density at radius 1 is 1.06 bits per heavy atom. The van der Waals surface area contributed by atoms with E-state index < -0.39 is 0 Å². The lowest BCUT2D eigenvalue weighted by atomic mass is 10.1. The molecule has 2 rings (SSSR count). The molecule has 5 heteroatoms. The third kappa shape index (κ3) is 2.64. The van der Waals surface area contributed by atoms with Gasteiger partial charge in [-0.15, -0.1) is 0 Å². The molecular formula is C12H15N5. The van der Waals surface area contributed by atoms with Crippen LogP contribution in [0.3, 0.4) is 0 Å². The van der Waals surface area contributed by atoms with Gasteiger partial charge < -0.3 is 0 Å². The van der Waals surface area contributed by atoms with Crippen LogP contribution < -0.4 is 11.3 Å². The van der Waals surface area contributed by atoms with Gasteiger partial charge in [0.15, 0.2) is 5.82 Å². The fourth-order valence-electron chi connectivity index (χ4n) is 1.61. The molecule has 0 aliphatic rings. The highest BCUT2D eigenvalue weighted by molar-refractivity contribution is 5.25. The number of nitrogens with zero attached hydrogens (tertiary/aromatic N) is 3. The number of hydrogen-bond acceptors (Lipinski definition) is 5. The Bertz CT molecular complexity index is 495. The van der Waals surface area contributed by atoms with Gasteiger partial charge in [0, 0.05) is 24.8 Å². The Labute approximate surface area is 100 Å². The van der Waals surface area contributed by atoms with Gasteiger partial charge in [-0.2, -0.15) is 0 Å². The van der Waals surface area contributed by atoms with Crippen molar-refractivity contribution >= 4 is 0 Å². The van der Waals surface area contributed by atoms with E-state index in [1.807, 2.05) is 19.9 Å². The molecule has 17 heavy (non-hydrogen) atoms. The highest BCUT2D eigenvalue weighted by Crippen LogP contribution is 2.17. The zero-order valence-electron chi connectivity index (χ0n) is 9.88. The van der Waals surface area contributed by atoms with E-state index in [2.05, 4.69) is 20.4 Å². The Morgan fingerprint density at radius 3 is 2.35 bits per heavy atom. The van der Waals surface area contributed by atoms with Gasteiger partial charge in [0.2, 0.25) is 0 Å². The summed E-state index contributed by atoms with van der Waals surface area (Å²) in [4.78, 5) is 12.7. The van der Waals surface area contributed by atoms with Gasteiger partial charge in [-0.3, -0.25) is 10.8 Å². The first-order valence-electron chi connectivity index (χ1n) is 5.37. The Morgan fingerprint density at radius 2 is 1.76 bits per heavy atom. The SMILES string of the molecule is Cc1cnc(C(NN)c2cncc(C)c2)nc1. The molecule has 5 nitrogen and oxygen atoms in total. The maximum absolute atomic E-state index is 5.57. The van der Waals surface area contributed by atoms with Gasteiger partial charge in [-0.05, 0) is 30.5 Å². The molecule has 0 bridgehead atoms. The Kier molecular flexibility index (Phi) is 3.41. The first-order valence-corrected chi connectivity index (χ1v) is 5.37. The van der Waals surface area contributed by atoms with Crippen molar-refractivity contribution in [2.75, 3.05) is 0 Å². The molecule has 0 radical (unpaired) electrons. The van der Waals surface area contributed by atoms with Crippen LogP contribution >= 0.6 is 0 Å². The van der Waals surface area contributed by atoms with E-state index in [1.54, 1.807) is 24.8 Å². The number of hydrazine groups is 1. The van der Waals surface area contributed by atoms with Crippen LogP contribution in [0.4, 0.5) is 0 Å². The molecule has 0 aliphatic carbocycles. The Hall–Kier alpha value is -1.85. The molecule has 2 aromatic heterocycles. The lowest BCUT2D eigenvalue weighted by molar-refractivity contribution is 0.598. The molecule has 0 fully saturated rings. The topological polar surface area (TPSA) is 76.7 Å². The number of nitrogens with one attached hydrogen (secondary N) is 1. The number of pyridine rings is 1. The molecule has 0 aliphatic heterocycles. The molecule has 0 aromatic carbocycles. The van der Waals surface area contributed by atoms with Gasteiger partial charge in [0.1, 0.15) is 6.04 Å². The second-order valence-electron chi connectivity index (χ2n) is 4.01. The standard InChI is InChI=1S/C12H15N5/c1-8-3-10(7-14-4-8)11(17-13)12-15-5-9(2)6-16-12/h3-7,11,17H,13H2,1-2H3. The van der Waals surface area contributed by atoms with Crippen molar-refractivity contribution in [3.8, 4) is 0 Å². The summed E-state index contributed by atoms with van der Waals surface area (Å²) in [6, 6.07) is 1.78. The molecule has 2 heterocycles. The molecule has 0 amide bonds. The molecule has 88 valence electrons. The molecular weight excluding hydrogens is 214 g/mol. The van der Waals surface area contributed by atoms with E-state index in [9.17, 15) is 0 Å². The minimum atomic E-state index is -0.233. The average molecular weight is 229 g/mol. The summed E-state index contributed by atoms with van der Waals surface area (Å²) >= 11 is 0.